The molecule has 0 bridgehead atoms. The molecule has 0 atom stereocenters. The van der Waals surface area contributed by atoms with Gasteiger partial charge in [-0.3, -0.25) is 9.78 Å². The zero-order chi connectivity index (χ0) is 15.3. The summed E-state index contributed by atoms with van der Waals surface area (Å²) in [5.74, 6) is 0.0300. The Morgan fingerprint density at radius 1 is 1.14 bits per heavy atom. The second kappa shape index (κ2) is 6.53. The molecule has 0 radical (unpaired) electrons. The third-order valence-electron chi connectivity index (χ3n) is 3.40. The molecule has 1 heterocycles. The number of nitrogens with zero attached hydrogens (tertiary/aromatic N) is 1. The summed E-state index contributed by atoms with van der Waals surface area (Å²) in [7, 11) is 0. The monoisotopic (exact) mass is 282 g/mol. The van der Waals surface area contributed by atoms with E-state index in [1.165, 1.54) is 5.56 Å². The van der Waals surface area contributed by atoms with Gasteiger partial charge in [-0.15, -0.1) is 0 Å². The number of amides is 1. The second-order valence-corrected chi connectivity index (χ2v) is 6.24. The molecule has 0 aliphatic carbocycles. The number of pyridine rings is 1. The minimum absolute atomic E-state index is 0.0300. The number of nitrogens with one attached hydrogen (secondary N) is 1. The van der Waals surface area contributed by atoms with Crippen LogP contribution in [0.4, 0.5) is 5.69 Å². The number of carbonyl (C=O) groups is 1. The van der Waals surface area contributed by atoms with Crippen LogP contribution in [0.5, 0.6) is 0 Å². The Bertz CT molecular complexity index is 583. The molecule has 0 spiro atoms. The smallest absolute Gasteiger partial charge is 0.224 e. The summed E-state index contributed by atoms with van der Waals surface area (Å²) >= 11 is 0. The van der Waals surface area contributed by atoms with Gasteiger partial charge < -0.3 is 5.32 Å². The van der Waals surface area contributed by atoms with Crippen molar-refractivity contribution < 1.29 is 4.79 Å². The van der Waals surface area contributed by atoms with Crippen molar-refractivity contribution in [3.63, 3.8) is 0 Å². The minimum Gasteiger partial charge on any atom is -0.326 e. The van der Waals surface area contributed by atoms with Gasteiger partial charge in [0.2, 0.25) is 5.91 Å². The number of anilines is 1. The van der Waals surface area contributed by atoms with Gasteiger partial charge >= 0.3 is 0 Å². The first-order valence-electron chi connectivity index (χ1n) is 7.24. The lowest BCUT2D eigenvalue weighted by Crippen LogP contribution is -2.14. The maximum absolute atomic E-state index is 11.9. The Balaban J connectivity index is 1.88. The summed E-state index contributed by atoms with van der Waals surface area (Å²) in [4.78, 5) is 16.0. The first kappa shape index (κ1) is 15.2. The van der Waals surface area contributed by atoms with Crippen LogP contribution in [-0.2, 0) is 16.6 Å². The quantitative estimate of drug-likeness (QED) is 0.922. The molecule has 110 valence electrons. The van der Waals surface area contributed by atoms with Gasteiger partial charge in [0.05, 0.1) is 0 Å². The Morgan fingerprint density at radius 3 is 2.43 bits per heavy atom. The van der Waals surface area contributed by atoms with Crippen LogP contribution >= 0.6 is 0 Å². The summed E-state index contributed by atoms with van der Waals surface area (Å²) in [6.07, 6.45) is 4.71. The van der Waals surface area contributed by atoms with Crippen molar-refractivity contribution in [2.24, 2.45) is 0 Å². The standard InChI is InChI=1S/C18H22N2O/c1-18(2,3)15-7-9-16(10-8-15)20-17(21)11-6-14-5-4-12-19-13-14/h4-5,7-10,12-13H,6,11H2,1-3H3,(H,20,21). The molecule has 3 heteroatoms. The van der Waals surface area contributed by atoms with Gasteiger partial charge in [0.1, 0.15) is 0 Å². The molecule has 0 aliphatic rings. The average molecular weight is 282 g/mol. The Kier molecular flexibility index (Phi) is 4.73. The molecule has 0 aliphatic heterocycles. The van der Waals surface area contributed by atoms with Gasteiger partial charge in [-0.2, -0.15) is 0 Å². The van der Waals surface area contributed by atoms with Gasteiger partial charge in [-0.1, -0.05) is 39.0 Å². The van der Waals surface area contributed by atoms with Gasteiger partial charge in [0.25, 0.3) is 0 Å². The third kappa shape index (κ3) is 4.71. The van der Waals surface area contributed by atoms with Crippen LogP contribution in [0.25, 0.3) is 0 Å². The topological polar surface area (TPSA) is 42.0 Å². The molecule has 2 rings (SSSR count). The van der Waals surface area contributed by atoms with Gasteiger partial charge in [0, 0.05) is 24.5 Å². The number of aryl methyl sites for hydroxylation is 1. The maximum atomic E-state index is 11.9. The molecule has 1 aromatic heterocycles. The largest absolute Gasteiger partial charge is 0.326 e. The maximum Gasteiger partial charge on any atom is 0.224 e. The molecular formula is C18H22N2O. The number of rotatable bonds is 4. The highest BCUT2D eigenvalue weighted by molar-refractivity contribution is 5.90. The van der Waals surface area contributed by atoms with Crippen molar-refractivity contribution in [2.75, 3.05) is 5.32 Å². The molecule has 0 saturated carbocycles. The Labute approximate surface area is 126 Å². The molecule has 1 amide bonds. The lowest BCUT2D eigenvalue weighted by atomic mass is 9.87. The fourth-order valence-corrected chi connectivity index (χ4v) is 2.08. The van der Waals surface area contributed by atoms with E-state index in [9.17, 15) is 4.79 Å². The highest BCUT2D eigenvalue weighted by atomic mass is 16.1. The average Bonchev–Trinajstić information content (AvgIpc) is 2.46. The fourth-order valence-electron chi connectivity index (χ4n) is 2.08. The Morgan fingerprint density at radius 2 is 1.86 bits per heavy atom. The normalized spacial score (nSPS) is 11.2. The van der Waals surface area contributed by atoms with Crippen molar-refractivity contribution in [1.82, 2.24) is 4.98 Å². The molecular weight excluding hydrogens is 260 g/mol. The van der Waals surface area contributed by atoms with Crippen LogP contribution in [0, 0.1) is 0 Å². The second-order valence-electron chi connectivity index (χ2n) is 6.24. The molecule has 0 unspecified atom stereocenters. The van der Waals surface area contributed by atoms with Gasteiger partial charge in [0.15, 0.2) is 0 Å². The van der Waals surface area contributed by atoms with Crippen molar-refractivity contribution in [3.8, 4) is 0 Å². The molecule has 1 N–H and O–H groups in total. The van der Waals surface area contributed by atoms with E-state index in [0.717, 1.165) is 11.3 Å². The highest BCUT2D eigenvalue weighted by Gasteiger charge is 2.13. The van der Waals surface area contributed by atoms with E-state index in [0.29, 0.717) is 12.8 Å². The molecule has 3 nitrogen and oxygen atoms in total. The number of hydrogen-bond acceptors (Lipinski definition) is 2. The van der Waals surface area contributed by atoms with Crippen LogP contribution in [0.2, 0.25) is 0 Å². The zero-order valence-corrected chi connectivity index (χ0v) is 12.9. The first-order chi connectivity index (χ1) is 9.95. The van der Waals surface area contributed by atoms with E-state index in [-0.39, 0.29) is 11.3 Å². The van der Waals surface area contributed by atoms with Gasteiger partial charge in [-0.05, 0) is 41.2 Å². The summed E-state index contributed by atoms with van der Waals surface area (Å²) in [6, 6.07) is 11.9. The van der Waals surface area contributed by atoms with Crippen LogP contribution in [-0.4, -0.2) is 10.9 Å². The van der Waals surface area contributed by atoms with E-state index in [1.54, 1.807) is 12.4 Å². The van der Waals surface area contributed by atoms with Crippen LogP contribution in [0.3, 0.4) is 0 Å². The lowest BCUT2D eigenvalue weighted by molar-refractivity contribution is -0.116. The van der Waals surface area contributed by atoms with Crippen molar-refractivity contribution in [3.05, 3.63) is 59.9 Å². The molecule has 2 aromatic rings. The SMILES string of the molecule is CC(C)(C)c1ccc(NC(=O)CCc2cccnc2)cc1. The lowest BCUT2D eigenvalue weighted by Gasteiger charge is -2.19. The summed E-state index contributed by atoms with van der Waals surface area (Å²) < 4.78 is 0. The zero-order valence-electron chi connectivity index (χ0n) is 12.9. The summed E-state index contributed by atoms with van der Waals surface area (Å²) in [5, 5.41) is 2.93. The van der Waals surface area contributed by atoms with Crippen molar-refractivity contribution >= 4 is 11.6 Å². The van der Waals surface area contributed by atoms with E-state index in [1.807, 2.05) is 24.3 Å². The number of aromatic nitrogens is 1. The van der Waals surface area contributed by atoms with Gasteiger partial charge in [-0.25, -0.2) is 0 Å². The predicted octanol–water partition coefficient (Wildman–Crippen LogP) is 3.95. The Hall–Kier alpha value is -2.16. The number of hydrogen-bond donors (Lipinski definition) is 1. The summed E-state index contributed by atoms with van der Waals surface area (Å²) in [6.45, 7) is 6.53. The highest BCUT2D eigenvalue weighted by Crippen LogP contribution is 2.23. The van der Waals surface area contributed by atoms with Crippen LogP contribution in [0.1, 0.15) is 38.3 Å². The van der Waals surface area contributed by atoms with E-state index < -0.39 is 0 Å². The molecule has 0 fully saturated rings. The summed E-state index contributed by atoms with van der Waals surface area (Å²) in [5.41, 5.74) is 3.31. The minimum atomic E-state index is 0.0300. The van der Waals surface area contributed by atoms with E-state index >= 15 is 0 Å². The van der Waals surface area contributed by atoms with E-state index in [2.05, 4.69) is 43.2 Å². The van der Waals surface area contributed by atoms with Crippen LogP contribution < -0.4 is 5.32 Å². The fraction of sp³-hybridized carbons (Fsp3) is 0.333. The third-order valence-corrected chi connectivity index (χ3v) is 3.40. The predicted molar refractivity (Wildman–Crippen MR) is 86.3 cm³/mol. The first-order valence-corrected chi connectivity index (χ1v) is 7.24. The van der Waals surface area contributed by atoms with E-state index in [4.69, 9.17) is 0 Å². The van der Waals surface area contributed by atoms with Crippen LogP contribution in [0.15, 0.2) is 48.8 Å². The number of benzene rings is 1. The molecule has 0 saturated heterocycles. The molecule has 21 heavy (non-hydrogen) atoms. The van der Waals surface area contributed by atoms with Crippen molar-refractivity contribution in [1.29, 1.82) is 0 Å². The number of carbonyl (C=O) groups excluding carboxylic acids is 1. The molecule has 1 aromatic carbocycles. The van der Waals surface area contributed by atoms with Crippen molar-refractivity contribution in [2.45, 2.75) is 39.0 Å².